The summed E-state index contributed by atoms with van der Waals surface area (Å²) in [7, 11) is 1.67. The number of hydrogen-bond acceptors (Lipinski definition) is 9. The van der Waals surface area contributed by atoms with Crippen molar-refractivity contribution >= 4 is 50.8 Å². The van der Waals surface area contributed by atoms with E-state index in [2.05, 4.69) is 36.2 Å². The molecule has 0 bridgehead atoms. The minimum absolute atomic E-state index is 0.0266. The van der Waals surface area contributed by atoms with Crippen molar-refractivity contribution in [1.29, 1.82) is 0 Å². The predicted molar refractivity (Wildman–Crippen MR) is 140 cm³/mol. The number of hydrogen-bond donors (Lipinski definition) is 4. The highest BCUT2D eigenvalue weighted by Gasteiger charge is 2.27. The standard InChI is InChI=1S/C25H31N7O3S/c1-26-23(33)15-2-4-16(5-3-15)30-24(34)18-13-27-22(12-20(18)29-17-8-10-35-11-9-17)31-21-7-6-19-25(32-21)36-14-28-19/h6-7,12-17H,2-5,8-11H2,1H3,(H,26,33)(H,30,34)(H2,27,29,31,32)/t15-,16-. The highest BCUT2D eigenvalue weighted by molar-refractivity contribution is 7.16. The average Bonchev–Trinajstić information content (AvgIpc) is 3.37. The predicted octanol–water partition coefficient (Wildman–Crippen LogP) is 3.46. The largest absolute Gasteiger partial charge is 0.381 e. The number of thiazole rings is 1. The van der Waals surface area contributed by atoms with Gasteiger partial charge >= 0.3 is 0 Å². The summed E-state index contributed by atoms with van der Waals surface area (Å²) < 4.78 is 5.50. The van der Waals surface area contributed by atoms with Gasteiger partial charge in [0.05, 0.1) is 16.8 Å². The molecule has 3 aromatic heterocycles. The Bertz CT molecular complexity index is 1220. The SMILES string of the molecule is CNC(=O)[C@H]1CC[C@H](NC(=O)c2cnc(Nc3ccc4ncsc4n3)cc2NC2CCOCC2)CC1. The van der Waals surface area contributed by atoms with Gasteiger partial charge in [0.1, 0.15) is 22.0 Å². The van der Waals surface area contributed by atoms with Crippen molar-refractivity contribution in [2.24, 2.45) is 5.92 Å². The van der Waals surface area contributed by atoms with Gasteiger partial charge in [-0.3, -0.25) is 9.59 Å². The normalized spacial score (nSPS) is 20.6. The molecule has 0 atom stereocenters. The van der Waals surface area contributed by atoms with Crippen LogP contribution in [0, 0.1) is 5.92 Å². The highest BCUT2D eigenvalue weighted by atomic mass is 32.1. The van der Waals surface area contributed by atoms with Gasteiger partial charge in [-0.15, -0.1) is 11.3 Å². The maximum Gasteiger partial charge on any atom is 0.255 e. The summed E-state index contributed by atoms with van der Waals surface area (Å²) in [6, 6.07) is 5.91. The lowest BCUT2D eigenvalue weighted by molar-refractivity contribution is -0.125. The van der Waals surface area contributed by atoms with Crippen LogP contribution >= 0.6 is 11.3 Å². The lowest BCUT2D eigenvalue weighted by Crippen LogP contribution is -2.40. The molecule has 11 heteroatoms. The van der Waals surface area contributed by atoms with Crippen molar-refractivity contribution in [3.05, 3.63) is 35.5 Å². The van der Waals surface area contributed by atoms with Crippen molar-refractivity contribution in [3.63, 3.8) is 0 Å². The van der Waals surface area contributed by atoms with Crippen LogP contribution < -0.4 is 21.3 Å². The van der Waals surface area contributed by atoms with Crippen LogP contribution in [0.3, 0.4) is 0 Å². The quantitative estimate of drug-likeness (QED) is 0.381. The molecule has 1 aliphatic heterocycles. The summed E-state index contributed by atoms with van der Waals surface area (Å²) in [6.07, 6.45) is 6.47. The summed E-state index contributed by atoms with van der Waals surface area (Å²) in [5.74, 6) is 1.22. The smallest absolute Gasteiger partial charge is 0.255 e. The van der Waals surface area contributed by atoms with Crippen LogP contribution in [0.1, 0.15) is 48.9 Å². The number of nitrogens with one attached hydrogen (secondary N) is 4. The zero-order chi connectivity index (χ0) is 24.9. The summed E-state index contributed by atoms with van der Waals surface area (Å²) in [6.45, 7) is 1.39. The Morgan fingerprint density at radius 1 is 1.00 bits per heavy atom. The van der Waals surface area contributed by atoms with Gasteiger partial charge < -0.3 is 26.0 Å². The van der Waals surface area contributed by atoms with Crippen molar-refractivity contribution in [2.75, 3.05) is 30.9 Å². The number of nitrogens with zero attached hydrogens (tertiary/aromatic N) is 3. The summed E-state index contributed by atoms with van der Waals surface area (Å²) in [5, 5.41) is 12.7. The molecular weight excluding hydrogens is 478 g/mol. The van der Waals surface area contributed by atoms with Crippen LogP contribution in [0.5, 0.6) is 0 Å². The van der Waals surface area contributed by atoms with Crippen molar-refractivity contribution < 1.29 is 14.3 Å². The first-order chi connectivity index (χ1) is 17.6. The summed E-state index contributed by atoms with van der Waals surface area (Å²) >= 11 is 1.48. The number of fused-ring (bicyclic) bond motifs is 1. The first-order valence-corrected chi connectivity index (χ1v) is 13.3. The first-order valence-electron chi connectivity index (χ1n) is 12.4. The van der Waals surface area contributed by atoms with Gasteiger partial charge in [0.25, 0.3) is 5.91 Å². The summed E-state index contributed by atoms with van der Waals surface area (Å²) in [5.41, 5.74) is 3.87. The second kappa shape index (κ2) is 11.2. The third kappa shape index (κ3) is 5.73. The zero-order valence-electron chi connectivity index (χ0n) is 20.3. The van der Waals surface area contributed by atoms with E-state index >= 15 is 0 Å². The molecule has 5 rings (SSSR count). The Balaban J connectivity index is 1.31. The van der Waals surface area contributed by atoms with E-state index in [9.17, 15) is 9.59 Å². The topological polar surface area (TPSA) is 130 Å². The Kier molecular flexibility index (Phi) is 7.57. The Hall–Kier alpha value is -3.31. The van der Waals surface area contributed by atoms with Crippen molar-refractivity contribution in [3.8, 4) is 0 Å². The molecule has 1 aliphatic carbocycles. The molecule has 1 saturated carbocycles. The molecule has 2 amide bonds. The maximum absolute atomic E-state index is 13.3. The lowest BCUT2D eigenvalue weighted by atomic mass is 9.85. The minimum Gasteiger partial charge on any atom is -0.381 e. The van der Waals surface area contributed by atoms with Crippen molar-refractivity contribution in [1.82, 2.24) is 25.6 Å². The fourth-order valence-corrected chi connectivity index (χ4v) is 5.46. The van der Waals surface area contributed by atoms with Gasteiger partial charge in [0.2, 0.25) is 5.91 Å². The maximum atomic E-state index is 13.3. The number of rotatable bonds is 7. The second-order valence-electron chi connectivity index (χ2n) is 9.28. The number of ether oxygens (including phenoxy) is 1. The molecule has 0 spiro atoms. The number of carbonyl (C=O) groups is 2. The molecule has 2 aliphatic rings. The van der Waals surface area contributed by atoms with Gasteiger partial charge in [0, 0.05) is 50.5 Å². The van der Waals surface area contributed by atoms with E-state index in [4.69, 9.17) is 4.74 Å². The molecule has 2 fully saturated rings. The number of pyridine rings is 2. The molecular formula is C25H31N7O3S. The monoisotopic (exact) mass is 509 g/mol. The van der Waals surface area contributed by atoms with Gasteiger partial charge in [-0.05, 0) is 50.7 Å². The Labute approximate surface area is 213 Å². The molecule has 36 heavy (non-hydrogen) atoms. The van der Waals surface area contributed by atoms with E-state index in [0.29, 0.717) is 30.4 Å². The average molecular weight is 510 g/mol. The van der Waals surface area contributed by atoms with Crippen LogP contribution in [0.15, 0.2) is 29.9 Å². The van der Waals surface area contributed by atoms with E-state index < -0.39 is 0 Å². The molecule has 190 valence electrons. The summed E-state index contributed by atoms with van der Waals surface area (Å²) in [4.78, 5) is 39.5. The first kappa shape index (κ1) is 24.4. The minimum atomic E-state index is -0.156. The van der Waals surface area contributed by atoms with E-state index in [1.54, 1.807) is 18.8 Å². The van der Waals surface area contributed by atoms with E-state index in [1.807, 2.05) is 18.2 Å². The van der Waals surface area contributed by atoms with Crippen molar-refractivity contribution in [2.45, 2.75) is 50.6 Å². The molecule has 4 heterocycles. The molecule has 1 saturated heterocycles. The van der Waals surface area contributed by atoms with E-state index in [1.165, 1.54) is 11.3 Å². The molecule has 4 N–H and O–H groups in total. The number of aromatic nitrogens is 3. The number of anilines is 3. The molecule has 10 nitrogen and oxygen atoms in total. The van der Waals surface area contributed by atoms with Gasteiger partial charge in [0.15, 0.2) is 0 Å². The second-order valence-corrected chi connectivity index (χ2v) is 10.1. The Morgan fingerprint density at radius 2 is 1.81 bits per heavy atom. The molecule has 0 aromatic carbocycles. The van der Waals surface area contributed by atoms with Crippen LogP contribution in [0.4, 0.5) is 17.3 Å². The van der Waals surface area contributed by atoms with Crippen LogP contribution in [0.25, 0.3) is 10.3 Å². The molecule has 0 radical (unpaired) electrons. The van der Waals surface area contributed by atoms with E-state index in [-0.39, 0.29) is 29.8 Å². The fraction of sp³-hybridized carbons (Fsp3) is 0.480. The third-order valence-electron chi connectivity index (χ3n) is 6.86. The van der Waals surface area contributed by atoms with Crippen LogP contribution in [-0.2, 0) is 9.53 Å². The molecule has 0 unspecified atom stereocenters. The zero-order valence-corrected chi connectivity index (χ0v) is 21.1. The fourth-order valence-electron chi connectivity index (χ4n) is 4.81. The van der Waals surface area contributed by atoms with Gasteiger partial charge in [-0.25, -0.2) is 15.0 Å². The van der Waals surface area contributed by atoms with Crippen LogP contribution in [0.2, 0.25) is 0 Å². The van der Waals surface area contributed by atoms with Gasteiger partial charge in [-0.1, -0.05) is 0 Å². The number of carbonyl (C=O) groups excluding carboxylic acids is 2. The van der Waals surface area contributed by atoms with Gasteiger partial charge in [-0.2, -0.15) is 0 Å². The third-order valence-corrected chi connectivity index (χ3v) is 7.60. The number of amides is 2. The highest BCUT2D eigenvalue weighted by Crippen LogP contribution is 2.27. The molecule has 3 aromatic rings. The van der Waals surface area contributed by atoms with E-state index in [0.717, 1.165) is 54.6 Å². The van der Waals surface area contributed by atoms with Crippen LogP contribution in [-0.4, -0.2) is 59.1 Å². The lowest BCUT2D eigenvalue weighted by Gasteiger charge is -2.29. The Morgan fingerprint density at radius 3 is 2.58 bits per heavy atom.